The Labute approximate surface area is 172 Å². The second-order valence-electron chi connectivity index (χ2n) is 5.78. The molecule has 0 aliphatic carbocycles. The van der Waals surface area contributed by atoms with Crippen molar-refractivity contribution in [3.63, 3.8) is 0 Å². The molecule has 0 bridgehead atoms. The van der Waals surface area contributed by atoms with Crippen LogP contribution in [0.15, 0.2) is 0 Å². The van der Waals surface area contributed by atoms with Crippen molar-refractivity contribution >= 4 is 21.9 Å². The molecule has 8 heteroatoms. The molecule has 7 nitrogen and oxygen atoms in total. The predicted molar refractivity (Wildman–Crippen MR) is 108 cm³/mol. The summed E-state index contributed by atoms with van der Waals surface area (Å²) < 4.78 is 31.8. The van der Waals surface area contributed by atoms with Crippen LogP contribution in [-0.4, -0.2) is 84.0 Å². The summed E-state index contributed by atoms with van der Waals surface area (Å²) in [7, 11) is 0. The van der Waals surface area contributed by atoms with Crippen LogP contribution in [0.25, 0.3) is 0 Å². The maximum atomic E-state index is 11.4. The van der Waals surface area contributed by atoms with E-state index in [1.165, 1.54) is 12.8 Å². The van der Waals surface area contributed by atoms with Gasteiger partial charge in [0, 0.05) is 11.8 Å². The van der Waals surface area contributed by atoms with Gasteiger partial charge < -0.3 is 28.4 Å². The maximum Gasteiger partial charge on any atom is 0.305 e. The zero-order chi connectivity index (χ0) is 19.8. The van der Waals surface area contributed by atoms with Gasteiger partial charge in [0.05, 0.1) is 66.1 Å². The fraction of sp³-hybridized carbons (Fsp3) is 0.947. The number of carbonyl (C=O) groups is 1. The molecule has 0 aromatic carbocycles. The minimum absolute atomic E-state index is 0.140. The summed E-state index contributed by atoms with van der Waals surface area (Å²) in [5, 5.41) is 0.841. The topological polar surface area (TPSA) is 72.5 Å². The molecule has 0 amide bonds. The van der Waals surface area contributed by atoms with Crippen molar-refractivity contribution in [2.75, 3.05) is 78.0 Å². The molecule has 162 valence electrons. The van der Waals surface area contributed by atoms with E-state index in [9.17, 15) is 4.79 Å². The first-order valence-electron chi connectivity index (χ1n) is 9.91. The SMILES string of the molecule is CCCCCCC(=O)OCCOCCOCCOCCOCCOCCBr. The summed E-state index contributed by atoms with van der Waals surface area (Å²) in [5.41, 5.74) is 0. The lowest BCUT2D eigenvalue weighted by Crippen LogP contribution is -2.15. The third-order valence-corrected chi connectivity index (χ3v) is 3.76. The van der Waals surface area contributed by atoms with Gasteiger partial charge in [0.1, 0.15) is 6.61 Å². The van der Waals surface area contributed by atoms with Crippen molar-refractivity contribution in [1.82, 2.24) is 0 Å². The number of rotatable bonds is 22. The molecular formula is C19H37BrO7. The molecule has 0 aromatic heterocycles. The van der Waals surface area contributed by atoms with E-state index in [1.54, 1.807) is 0 Å². The highest BCUT2D eigenvalue weighted by Crippen LogP contribution is 2.03. The second kappa shape index (κ2) is 23.8. The Bertz CT molecular complexity index is 306. The minimum atomic E-state index is -0.140. The molecular weight excluding hydrogens is 420 g/mol. The molecule has 0 atom stereocenters. The molecule has 0 spiro atoms. The van der Waals surface area contributed by atoms with Crippen LogP contribution in [0.2, 0.25) is 0 Å². The van der Waals surface area contributed by atoms with Gasteiger partial charge in [-0.25, -0.2) is 0 Å². The van der Waals surface area contributed by atoms with Gasteiger partial charge in [0.25, 0.3) is 0 Å². The highest BCUT2D eigenvalue weighted by atomic mass is 79.9. The zero-order valence-corrected chi connectivity index (χ0v) is 18.3. The van der Waals surface area contributed by atoms with Gasteiger partial charge in [0.2, 0.25) is 0 Å². The van der Waals surface area contributed by atoms with Crippen LogP contribution in [0, 0.1) is 0 Å². The number of alkyl halides is 1. The molecule has 0 aliphatic rings. The lowest BCUT2D eigenvalue weighted by atomic mass is 10.2. The van der Waals surface area contributed by atoms with E-state index in [4.69, 9.17) is 28.4 Å². The van der Waals surface area contributed by atoms with Gasteiger partial charge in [-0.3, -0.25) is 4.79 Å². The quantitative estimate of drug-likeness (QED) is 0.141. The van der Waals surface area contributed by atoms with Gasteiger partial charge in [-0.1, -0.05) is 42.1 Å². The molecule has 0 N–H and O–H groups in total. The van der Waals surface area contributed by atoms with Crippen molar-refractivity contribution in [3.8, 4) is 0 Å². The van der Waals surface area contributed by atoms with Crippen molar-refractivity contribution in [2.24, 2.45) is 0 Å². The second-order valence-corrected chi connectivity index (χ2v) is 6.57. The summed E-state index contributed by atoms with van der Waals surface area (Å²) in [4.78, 5) is 11.4. The van der Waals surface area contributed by atoms with Crippen molar-refractivity contribution in [1.29, 1.82) is 0 Å². The molecule has 0 saturated carbocycles. The van der Waals surface area contributed by atoms with Gasteiger partial charge in [0.15, 0.2) is 0 Å². The molecule has 27 heavy (non-hydrogen) atoms. The third kappa shape index (κ3) is 23.7. The van der Waals surface area contributed by atoms with E-state index in [-0.39, 0.29) is 5.97 Å². The van der Waals surface area contributed by atoms with Crippen LogP contribution >= 0.6 is 15.9 Å². The Hall–Kier alpha value is -0.250. The highest BCUT2D eigenvalue weighted by molar-refractivity contribution is 9.09. The Morgan fingerprint density at radius 3 is 1.52 bits per heavy atom. The Balaban J connectivity index is 3.07. The largest absolute Gasteiger partial charge is 0.463 e. The van der Waals surface area contributed by atoms with E-state index in [0.29, 0.717) is 79.1 Å². The number of carbonyl (C=O) groups excluding carboxylic acids is 1. The first-order valence-corrected chi connectivity index (χ1v) is 11.0. The third-order valence-electron chi connectivity index (χ3n) is 3.43. The number of ether oxygens (including phenoxy) is 6. The maximum absolute atomic E-state index is 11.4. The summed E-state index contributed by atoms with van der Waals surface area (Å²) in [6, 6.07) is 0. The van der Waals surface area contributed by atoms with Crippen LogP contribution in [0.1, 0.15) is 39.0 Å². The van der Waals surface area contributed by atoms with E-state index >= 15 is 0 Å². The Morgan fingerprint density at radius 2 is 1.07 bits per heavy atom. The molecule has 0 rings (SSSR count). The van der Waals surface area contributed by atoms with Crippen LogP contribution in [-0.2, 0) is 33.2 Å². The molecule has 0 heterocycles. The molecule has 0 unspecified atom stereocenters. The monoisotopic (exact) mass is 456 g/mol. The molecule has 0 radical (unpaired) electrons. The minimum Gasteiger partial charge on any atom is -0.463 e. The zero-order valence-electron chi connectivity index (χ0n) is 16.8. The van der Waals surface area contributed by atoms with Crippen LogP contribution < -0.4 is 0 Å². The number of esters is 1. The van der Waals surface area contributed by atoms with Gasteiger partial charge >= 0.3 is 5.97 Å². The summed E-state index contributed by atoms with van der Waals surface area (Å²) in [6.07, 6.45) is 4.82. The molecule has 0 fully saturated rings. The molecule has 0 aromatic rings. The first kappa shape index (κ1) is 26.8. The predicted octanol–water partition coefficient (Wildman–Crippen LogP) is 2.98. The summed E-state index contributed by atoms with van der Waals surface area (Å²) in [6.45, 7) is 7.85. The van der Waals surface area contributed by atoms with E-state index in [2.05, 4.69) is 22.9 Å². The highest BCUT2D eigenvalue weighted by Gasteiger charge is 2.02. The van der Waals surface area contributed by atoms with Crippen LogP contribution in [0.4, 0.5) is 0 Å². The summed E-state index contributed by atoms with van der Waals surface area (Å²) in [5.74, 6) is -0.140. The van der Waals surface area contributed by atoms with Gasteiger partial charge in [-0.05, 0) is 6.42 Å². The average molecular weight is 457 g/mol. The number of unbranched alkanes of at least 4 members (excludes halogenated alkanes) is 3. The average Bonchev–Trinajstić information content (AvgIpc) is 2.67. The van der Waals surface area contributed by atoms with Gasteiger partial charge in [-0.2, -0.15) is 0 Å². The fourth-order valence-electron chi connectivity index (χ4n) is 2.02. The standard InChI is InChI=1S/C19H37BrO7/c1-2-3-4-5-6-19(21)27-18-17-26-16-15-25-14-13-24-12-11-23-10-9-22-8-7-20/h2-18H2,1H3. The Morgan fingerprint density at radius 1 is 0.630 bits per heavy atom. The lowest BCUT2D eigenvalue weighted by molar-refractivity contribution is -0.145. The van der Waals surface area contributed by atoms with Crippen LogP contribution in [0.3, 0.4) is 0 Å². The van der Waals surface area contributed by atoms with Crippen molar-refractivity contribution in [3.05, 3.63) is 0 Å². The van der Waals surface area contributed by atoms with E-state index in [1.807, 2.05) is 0 Å². The van der Waals surface area contributed by atoms with E-state index < -0.39 is 0 Å². The number of hydrogen-bond donors (Lipinski definition) is 0. The van der Waals surface area contributed by atoms with Gasteiger partial charge in [-0.15, -0.1) is 0 Å². The number of hydrogen-bond acceptors (Lipinski definition) is 7. The lowest BCUT2D eigenvalue weighted by Gasteiger charge is -2.08. The van der Waals surface area contributed by atoms with E-state index in [0.717, 1.165) is 18.2 Å². The van der Waals surface area contributed by atoms with Crippen molar-refractivity contribution in [2.45, 2.75) is 39.0 Å². The fourth-order valence-corrected chi connectivity index (χ4v) is 2.25. The van der Waals surface area contributed by atoms with Crippen LogP contribution in [0.5, 0.6) is 0 Å². The summed E-state index contributed by atoms with van der Waals surface area (Å²) >= 11 is 3.29. The smallest absolute Gasteiger partial charge is 0.305 e. The van der Waals surface area contributed by atoms with Crippen molar-refractivity contribution < 1.29 is 33.2 Å². The normalized spacial score (nSPS) is 11.0. The molecule has 0 aliphatic heterocycles. The first-order chi connectivity index (χ1) is 13.3. The number of halogens is 1. The molecule has 0 saturated heterocycles. The Kier molecular flexibility index (Phi) is 23.6.